The smallest absolute Gasteiger partial charge is 0.253 e. The number of hydrogen-bond acceptors (Lipinski definition) is 4. The molecule has 0 saturated heterocycles. The quantitative estimate of drug-likeness (QED) is 0.882. The molecule has 3 rings (SSSR count). The van der Waals surface area contributed by atoms with Gasteiger partial charge in [-0.3, -0.25) is 9.59 Å². The van der Waals surface area contributed by atoms with E-state index in [2.05, 4.69) is 23.2 Å². The van der Waals surface area contributed by atoms with Gasteiger partial charge in [-0.15, -0.1) is 0 Å². The van der Waals surface area contributed by atoms with E-state index < -0.39 is 0 Å². The number of fused-ring (bicyclic) bond motifs is 1. The van der Waals surface area contributed by atoms with E-state index in [4.69, 9.17) is 4.74 Å². The molecule has 142 valence electrons. The zero-order valence-electron chi connectivity index (χ0n) is 15.9. The van der Waals surface area contributed by atoms with Gasteiger partial charge in [0, 0.05) is 31.8 Å². The Labute approximate surface area is 159 Å². The second kappa shape index (κ2) is 8.12. The van der Waals surface area contributed by atoms with Gasteiger partial charge in [-0.05, 0) is 37.3 Å². The Morgan fingerprint density at radius 3 is 2.74 bits per heavy atom. The summed E-state index contributed by atoms with van der Waals surface area (Å²) in [5.74, 6) is 0.582. The van der Waals surface area contributed by atoms with Crippen LogP contribution in [0.4, 0.5) is 11.4 Å². The highest BCUT2D eigenvalue weighted by Crippen LogP contribution is 2.32. The molecule has 0 unspecified atom stereocenters. The van der Waals surface area contributed by atoms with Crippen molar-refractivity contribution in [2.75, 3.05) is 36.9 Å². The fourth-order valence-corrected chi connectivity index (χ4v) is 3.32. The van der Waals surface area contributed by atoms with Crippen molar-refractivity contribution in [3.05, 3.63) is 54.1 Å². The monoisotopic (exact) mass is 367 g/mol. The Kier molecular flexibility index (Phi) is 5.64. The van der Waals surface area contributed by atoms with E-state index in [0.717, 1.165) is 24.5 Å². The molecular weight excluding hydrogens is 342 g/mol. The number of amides is 2. The molecule has 2 amide bonds. The summed E-state index contributed by atoms with van der Waals surface area (Å²) < 4.78 is 6.10. The van der Waals surface area contributed by atoms with Crippen LogP contribution in [0.2, 0.25) is 0 Å². The number of likely N-dealkylation sites (N-methyl/N-ethyl adjacent to an activating group) is 2. The highest BCUT2D eigenvalue weighted by Gasteiger charge is 2.27. The van der Waals surface area contributed by atoms with Crippen molar-refractivity contribution >= 4 is 23.2 Å². The molecule has 1 aliphatic rings. The zero-order valence-corrected chi connectivity index (χ0v) is 15.9. The lowest BCUT2D eigenvalue weighted by atomic mass is 10.1. The number of nitrogens with zero attached hydrogens (tertiary/aromatic N) is 2. The van der Waals surface area contributed by atoms with Crippen molar-refractivity contribution in [1.82, 2.24) is 4.90 Å². The molecule has 1 heterocycles. The van der Waals surface area contributed by atoms with E-state index in [9.17, 15) is 9.59 Å². The van der Waals surface area contributed by atoms with E-state index in [-0.39, 0.29) is 17.9 Å². The van der Waals surface area contributed by atoms with Crippen LogP contribution < -0.4 is 15.0 Å². The Hall–Kier alpha value is -3.02. The second-order valence-electron chi connectivity index (χ2n) is 6.69. The molecule has 6 heteroatoms. The van der Waals surface area contributed by atoms with Crippen molar-refractivity contribution in [3.8, 4) is 5.75 Å². The number of hydrogen-bond donors (Lipinski definition) is 1. The van der Waals surface area contributed by atoms with E-state index >= 15 is 0 Å². The van der Waals surface area contributed by atoms with E-state index in [1.165, 1.54) is 6.92 Å². The molecule has 1 atom stereocenters. The summed E-state index contributed by atoms with van der Waals surface area (Å²) in [5, 5.41) is 2.70. The Bertz CT molecular complexity index is 837. The van der Waals surface area contributed by atoms with Crippen LogP contribution in [0.1, 0.15) is 24.2 Å². The predicted molar refractivity (Wildman–Crippen MR) is 106 cm³/mol. The van der Waals surface area contributed by atoms with Crippen LogP contribution in [-0.2, 0) is 4.79 Å². The minimum absolute atomic E-state index is 0.104. The van der Waals surface area contributed by atoms with E-state index in [1.54, 1.807) is 36.2 Å². The Morgan fingerprint density at radius 1 is 1.22 bits per heavy atom. The van der Waals surface area contributed by atoms with E-state index in [1.807, 2.05) is 18.2 Å². The van der Waals surface area contributed by atoms with E-state index in [0.29, 0.717) is 17.8 Å². The van der Waals surface area contributed by atoms with Crippen molar-refractivity contribution < 1.29 is 14.3 Å². The van der Waals surface area contributed by atoms with Gasteiger partial charge in [-0.1, -0.05) is 18.2 Å². The average Bonchev–Trinajstić information content (AvgIpc) is 2.66. The first-order valence-corrected chi connectivity index (χ1v) is 9.11. The molecular formula is C21H25N3O3. The van der Waals surface area contributed by atoms with Crippen LogP contribution in [0.15, 0.2) is 48.5 Å². The molecule has 0 bridgehead atoms. The summed E-state index contributed by atoms with van der Waals surface area (Å²) in [5.41, 5.74) is 2.24. The van der Waals surface area contributed by atoms with Crippen LogP contribution in [0.5, 0.6) is 5.75 Å². The topological polar surface area (TPSA) is 61.9 Å². The number of carbonyl (C=O) groups excluding carboxylic acids is 2. The number of carbonyl (C=O) groups is 2. The third kappa shape index (κ3) is 4.39. The van der Waals surface area contributed by atoms with Crippen molar-refractivity contribution in [2.45, 2.75) is 20.0 Å². The molecule has 0 radical (unpaired) electrons. The summed E-state index contributed by atoms with van der Waals surface area (Å²) in [6.45, 7) is 5.65. The number of benzene rings is 2. The van der Waals surface area contributed by atoms with Crippen molar-refractivity contribution in [3.63, 3.8) is 0 Å². The van der Waals surface area contributed by atoms with Crippen LogP contribution in [0.3, 0.4) is 0 Å². The number of rotatable bonds is 5. The highest BCUT2D eigenvalue weighted by molar-refractivity contribution is 5.96. The fourth-order valence-electron chi connectivity index (χ4n) is 3.32. The molecule has 1 N–H and O–H groups in total. The average molecular weight is 367 g/mol. The van der Waals surface area contributed by atoms with Gasteiger partial charge in [0.25, 0.3) is 5.91 Å². The third-order valence-electron chi connectivity index (χ3n) is 4.56. The largest absolute Gasteiger partial charge is 0.485 e. The first-order chi connectivity index (χ1) is 13.0. The van der Waals surface area contributed by atoms with Crippen molar-refractivity contribution in [2.24, 2.45) is 0 Å². The molecule has 0 saturated carbocycles. The highest BCUT2D eigenvalue weighted by atomic mass is 16.5. The van der Waals surface area contributed by atoms with Crippen LogP contribution in [0.25, 0.3) is 0 Å². The van der Waals surface area contributed by atoms with Crippen LogP contribution in [-0.4, -0.2) is 49.5 Å². The molecule has 27 heavy (non-hydrogen) atoms. The lowest BCUT2D eigenvalue weighted by Crippen LogP contribution is -2.46. The minimum atomic E-state index is -0.165. The lowest BCUT2D eigenvalue weighted by Gasteiger charge is -2.37. The van der Waals surface area contributed by atoms with Gasteiger partial charge in [0.1, 0.15) is 11.9 Å². The van der Waals surface area contributed by atoms with Gasteiger partial charge in [0.15, 0.2) is 0 Å². The lowest BCUT2D eigenvalue weighted by molar-refractivity contribution is -0.114. The SMILES string of the molecule is CCN1C[C@H](CN(C)C(=O)c2cccc(NC(C)=O)c2)Oc2ccccc21. The summed E-state index contributed by atoms with van der Waals surface area (Å²) in [6.07, 6.45) is -0.104. The molecule has 2 aromatic rings. The van der Waals surface area contributed by atoms with Gasteiger partial charge in [0.05, 0.1) is 18.8 Å². The molecule has 0 fully saturated rings. The van der Waals surface area contributed by atoms with Gasteiger partial charge in [-0.25, -0.2) is 0 Å². The molecule has 0 aromatic heterocycles. The number of para-hydroxylation sites is 2. The zero-order chi connectivity index (χ0) is 19.4. The maximum absolute atomic E-state index is 12.8. The molecule has 0 spiro atoms. The number of ether oxygens (including phenoxy) is 1. The molecule has 0 aliphatic carbocycles. The molecule has 6 nitrogen and oxygen atoms in total. The summed E-state index contributed by atoms with van der Waals surface area (Å²) in [4.78, 5) is 27.9. The number of anilines is 2. The maximum atomic E-state index is 12.8. The van der Waals surface area contributed by atoms with Gasteiger partial charge in [-0.2, -0.15) is 0 Å². The van der Waals surface area contributed by atoms with Crippen molar-refractivity contribution in [1.29, 1.82) is 0 Å². The van der Waals surface area contributed by atoms with Crippen LogP contribution in [0, 0.1) is 0 Å². The Balaban J connectivity index is 1.69. The van der Waals surface area contributed by atoms with Gasteiger partial charge in [0.2, 0.25) is 5.91 Å². The summed E-state index contributed by atoms with van der Waals surface area (Å²) in [7, 11) is 1.77. The molecule has 1 aliphatic heterocycles. The van der Waals surface area contributed by atoms with Crippen LogP contribution >= 0.6 is 0 Å². The minimum Gasteiger partial charge on any atom is -0.485 e. The Morgan fingerprint density at radius 2 is 2.00 bits per heavy atom. The number of nitrogens with one attached hydrogen (secondary N) is 1. The first kappa shape index (κ1) is 18.8. The third-order valence-corrected chi connectivity index (χ3v) is 4.56. The second-order valence-corrected chi connectivity index (χ2v) is 6.69. The van der Waals surface area contributed by atoms with Gasteiger partial charge < -0.3 is 19.9 Å². The summed E-state index contributed by atoms with van der Waals surface area (Å²) >= 11 is 0. The molecule has 2 aromatic carbocycles. The standard InChI is InChI=1S/C21H25N3O3/c1-4-24-14-18(27-20-11-6-5-10-19(20)24)13-23(3)21(26)16-8-7-9-17(12-16)22-15(2)25/h5-12,18H,4,13-14H2,1-3H3,(H,22,25)/t18-/m0/s1. The maximum Gasteiger partial charge on any atom is 0.253 e. The summed E-state index contributed by atoms with van der Waals surface area (Å²) in [6, 6.07) is 14.9. The fraction of sp³-hybridized carbons (Fsp3) is 0.333. The normalized spacial score (nSPS) is 15.5. The van der Waals surface area contributed by atoms with Gasteiger partial charge >= 0.3 is 0 Å². The first-order valence-electron chi connectivity index (χ1n) is 9.11. The predicted octanol–water partition coefficient (Wildman–Crippen LogP) is 3.00.